The van der Waals surface area contributed by atoms with E-state index in [-0.39, 0.29) is 11.9 Å². The van der Waals surface area contributed by atoms with Gasteiger partial charge in [-0.25, -0.2) is 4.98 Å². The van der Waals surface area contributed by atoms with Crippen LogP contribution in [0.15, 0.2) is 47.8 Å². The number of hydrogen-bond donors (Lipinski definition) is 0. The molecule has 0 saturated carbocycles. The van der Waals surface area contributed by atoms with E-state index in [9.17, 15) is 4.79 Å². The van der Waals surface area contributed by atoms with E-state index in [1.165, 1.54) is 16.9 Å². The number of methoxy groups -OCH3 is 2. The summed E-state index contributed by atoms with van der Waals surface area (Å²) in [5.41, 5.74) is 3.99. The van der Waals surface area contributed by atoms with E-state index in [1.54, 1.807) is 14.2 Å². The number of rotatable bonds is 5. The molecule has 1 amide bonds. The molecule has 1 aromatic heterocycles. The monoisotopic (exact) mass is 394 g/mol. The molecule has 1 atom stereocenters. The fourth-order valence-electron chi connectivity index (χ4n) is 3.68. The maximum atomic E-state index is 13.0. The van der Waals surface area contributed by atoms with Crippen LogP contribution in [0, 0.1) is 0 Å². The van der Waals surface area contributed by atoms with E-state index >= 15 is 0 Å². The van der Waals surface area contributed by atoms with Crippen LogP contribution in [0.5, 0.6) is 11.5 Å². The van der Waals surface area contributed by atoms with Gasteiger partial charge in [0.15, 0.2) is 11.5 Å². The van der Waals surface area contributed by atoms with Crippen LogP contribution in [0.25, 0.3) is 10.6 Å². The summed E-state index contributed by atoms with van der Waals surface area (Å²) in [4.78, 5) is 19.6. The molecule has 144 valence electrons. The summed E-state index contributed by atoms with van der Waals surface area (Å²) in [6, 6.07) is 14.0. The molecular weight excluding hydrogens is 372 g/mol. The van der Waals surface area contributed by atoms with Crippen LogP contribution in [0.2, 0.25) is 0 Å². The molecule has 0 N–H and O–H groups in total. The third kappa shape index (κ3) is 3.36. The second kappa shape index (κ2) is 7.64. The maximum Gasteiger partial charge on any atom is 0.233 e. The van der Waals surface area contributed by atoms with Crippen molar-refractivity contribution in [2.45, 2.75) is 25.8 Å². The molecule has 0 radical (unpaired) electrons. The van der Waals surface area contributed by atoms with Crippen molar-refractivity contribution in [2.24, 2.45) is 0 Å². The van der Waals surface area contributed by atoms with Gasteiger partial charge in [0.25, 0.3) is 0 Å². The third-order valence-corrected chi connectivity index (χ3v) is 5.93. The van der Waals surface area contributed by atoms with Gasteiger partial charge in [0.2, 0.25) is 5.91 Å². The molecule has 4 rings (SSSR count). The molecule has 1 unspecified atom stereocenters. The summed E-state index contributed by atoms with van der Waals surface area (Å²) >= 11 is 1.53. The highest BCUT2D eigenvalue weighted by atomic mass is 32.1. The minimum Gasteiger partial charge on any atom is -0.493 e. The van der Waals surface area contributed by atoms with Crippen LogP contribution in [0.4, 0.5) is 5.69 Å². The highest BCUT2D eigenvalue weighted by molar-refractivity contribution is 7.13. The Morgan fingerprint density at radius 1 is 1.18 bits per heavy atom. The SMILES string of the molecule is COc1ccc(-c2nc(CC(=O)N3c4ccccc4CC3C)cs2)cc1OC. The zero-order chi connectivity index (χ0) is 19.7. The van der Waals surface area contributed by atoms with Crippen molar-refractivity contribution >= 4 is 22.9 Å². The van der Waals surface area contributed by atoms with Gasteiger partial charge in [-0.3, -0.25) is 4.79 Å². The average molecular weight is 394 g/mol. The summed E-state index contributed by atoms with van der Waals surface area (Å²) in [5.74, 6) is 1.43. The standard InChI is InChI=1S/C22H22N2O3S/c1-14-10-15-6-4-5-7-18(15)24(14)21(25)12-17-13-28-22(23-17)16-8-9-19(26-2)20(11-16)27-3/h4-9,11,13-14H,10,12H2,1-3H3. The number of carbonyl (C=O) groups excluding carboxylic acids is 1. The highest BCUT2D eigenvalue weighted by Gasteiger charge is 2.30. The molecule has 2 heterocycles. The second-order valence-electron chi connectivity index (χ2n) is 6.84. The van der Waals surface area contributed by atoms with Crippen LogP contribution in [-0.4, -0.2) is 31.2 Å². The Morgan fingerprint density at radius 3 is 2.75 bits per heavy atom. The number of nitrogens with zero attached hydrogens (tertiary/aromatic N) is 2. The van der Waals surface area contributed by atoms with Gasteiger partial charge in [-0.2, -0.15) is 0 Å². The van der Waals surface area contributed by atoms with E-state index in [0.717, 1.165) is 28.4 Å². The van der Waals surface area contributed by atoms with Gasteiger partial charge in [0.1, 0.15) is 5.01 Å². The van der Waals surface area contributed by atoms with Gasteiger partial charge >= 0.3 is 0 Å². The first-order valence-electron chi connectivity index (χ1n) is 9.17. The van der Waals surface area contributed by atoms with Crippen LogP contribution in [0.1, 0.15) is 18.2 Å². The lowest BCUT2D eigenvalue weighted by atomic mass is 10.1. The molecule has 0 saturated heterocycles. The first-order valence-corrected chi connectivity index (χ1v) is 10.1. The van der Waals surface area contributed by atoms with E-state index in [0.29, 0.717) is 17.9 Å². The molecule has 28 heavy (non-hydrogen) atoms. The van der Waals surface area contributed by atoms with Gasteiger partial charge in [0.05, 0.1) is 26.3 Å². The first-order chi connectivity index (χ1) is 13.6. The summed E-state index contributed by atoms with van der Waals surface area (Å²) < 4.78 is 10.7. The molecule has 0 fully saturated rings. The van der Waals surface area contributed by atoms with Crippen LogP contribution < -0.4 is 14.4 Å². The summed E-state index contributed by atoms with van der Waals surface area (Å²) in [6.07, 6.45) is 1.19. The van der Waals surface area contributed by atoms with Gasteiger partial charge in [-0.15, -0.1) is 11.3 Å². The topological polar surface area (TPSA) is 51.7 Å². The zero-order valence-corrected chi connectivity index (χ0v) is 17.0. The predicted octanol–water partition coefficient (Wildman–Crippen LogP) is 4.35. The number of amides is 1. The lowest BCUT2D eigenvalue weighted by molar-refractivity contribution is -0.118. The molecule has 2 aromatic carbocycles. The summed E-state index contributed by atoms with van der Waals surface area (Å²) in [5, 5.41) is 2.81. The number of para-hydroxylation sites is 1. The van der Waals surface area contributed by atoms with Crippen molar-refractivity contribution < 1.29 is 14.3 Å². The van der Waals surface area contributed by atoms with Crippen molar-refractivity contribution in [1.29, 1.82) is 0 Å². The Kier molecular flexibility index (Phi) is 5.05. The first kappa shape index (κ1) is 18.5. The van der Waals surface area contributed by atoms with Crippen molar-refractivity contribution in [1.82, 2.24) is 4.98 Å². The molecule has 5 nitrogen and oxygen atoms in total. The van der Waals surface area contributed by atoms with Crippen LogP contribution >= 0.6 is 11.3 Å². The lowest BCUT2D eigenvalue weighted by Crippen LogP contribution is -2.36. The number of thiazole rings is 1. The number of carbonyl (C=O) groups is 1. The number of aromatic nitrogens is 1. The van der Waals surface area contributed by atoms with Crippen molar-refractivity contribution in [3.05, 3.63) is 59.1 Å². The number of ether oxygens (including phenoxy) is 2. The summed E-state index contributed by atoms with van der Waals surface area (Å²) in [7, 11) is 3.23. The van der Waals surface area contributed by atoms with E-state index < -0.39 is 0 Å². The molecule has 6 heteroatoms. The van der Waals surface area contributed by atoms with Gasteiger partial charge in [-0.05, 0) is 43.2 Å². The van der Waals surface area contributed by atoms with Crippen molar-refractivity contribution in [2.75, 3.05) is 19.1 Å². The highest BCUT2D eigenvalue weighted by Crippen LogP contribution is 2.35. The van der Waals surface area contributed by atoms with Crippen molar-refractivity contribution in [3.8, 4) is 22.1 Å². The Balaban J connectivity index is 1.53. The maximum absolute atomic E-state index is 13.0. The fraction of sp³-hybridized carbons (Fsp3) is 0.273. The van der Waals surface area contributed by atoms with Gasteiger partial charge in [-0.1, -0.05) is 18.2 Å². The molecule has 0 spiro atoms. The smallest absolute Gasteiger partial charge is 0.233 e. The number of fused-ring (bicyclic) bond motifs is 1. The van der Waals surface area contributed by atoms with E-state index in [1.807, 2.05) is 46.7 Å². The largest absolute Gasteiger partial charge is 0.493 e. The van der Waals surface area contributed by atoms with Crippen LogP contribution in [0.3, 0.4) is 0 Å². The Morgan fingerprint density at radius 2 is 1.96 bits per heavy atom. The molecule has 0 aliphatic carbocycles. The minimum atomic E-state index is 0.0848. The van der Waals surface area contributed by atoms with Gasteiger partial charge in [0, 0.05) is 22.7 Å². The van der Waals surface area contributed by atoms with E-state index in [4.69, 9.17) is 9.47 Å². The Bertz CT molecular complexity index is 1010. The predicted molar refractivity (Wildman–Crippen MR) is 111 cm³/mol. The quantitative estimate of drug-likeness (QED) is 0.646. The molecular formula is C22H22N2O3S. The van der Waals surface area contributed by atoms with Crippen molar-refractivity contribution in [3.63, 3.8) is 0 Å². The van der Waals surface area contributed by atoms with Crippen LogP contribution in [-0.2, 0) is 17.6 Å². The molecule has 1 aliphatic heterocycles. The number of anilines is 1. The number of hydrogen-bond acceptors (Lipinski definition) is 5. The van der Waals surface area contributed by atoms with E-state index in [2.05, 4.69) is 18.0 Å². The second-order valence-corrected chi connectivity index (χ2v) is 7.69. The summed E-state index contributed by atoms with van der Waals surface area (Å²) in [6.45, 7) is 2.09. The normalized spacial score (nSPS) is 15.4. The van der Waals surface area contributed by atoms with Gasteiger partial charge < -0.3 is 14.4 Å². The Labute approximate surface area is 168 Å². The molecule has 1 aliphatic rings. The zero-order valence-electron chi connectivity index (χ0n) is 16.1. The third-order valence-electron chi connectivity index (χ3n) is 4.99. The fourth-order valence-corrected chi connectivity index (χ4v) is 4.49. The minimum absolute atomic E-state index is 0.0848. The Hall–Kier alpha value is -2.86. The lowest BCUT2D eigenvalue weighted by Gasteiger charge is -2.22. The number of benzene rings is 2. The molecule has 3 aromatic rings. The molecule has 0 bridgehead atoms. The average Bonchev–Trinajstić information content (AvgIpc) is 3.30.